The van der Waals surface area contributed by atoms with Gasteiger partial charge in [-0.25, -0.2) is 0 Å². The van der Waals surface area contributed by atoms with Crippen LogP contribution in [0.1, 0.15) is 32.7 Å². The molecule has 2 atom stereocenters. The summed E-state index contributed by atoms with van der Waals surface area (Å²) in [5.74, 6) is -0.294. The van der Waals surface area contributed by atoms with Crippen molar-refractivity contribution in [1.82, 2.24) is 4.90 Å². The number of aliphatic hydroxyl groups is 1. The molecule has 2 heterocycles. The summed E-state index contributed by atoms with van der Waals surface area (Å²) in [6.07, 6.45) is 0.296. The fraction of sp³-hybridized carbons (Fsp3) is 0.188. The van der Waals surface area contributed by atoms with Crippen LogP contribution < -0.4 is 10.2 Å². The highest BCUT2D eigenvalue weighted by Gasteiger charge is 2.37. The number of fused-ring (bicyclic) bond motifs is 2. The van der Waals surface area contributed by atoms with Crippen molar-refractivity contribution in [3.63, 3.8) is 0 Å². The first-order chi connectivity index (χ1) is 18.6. The number of anilines is 2. The van der Waals surface area contributed by atoms with Crippen molar-refractivity contribution in [3.05, 3.63) is 120 Å². The van der Waals surface area contributed by atoms with Crippen LogP contribution >= 0.6 is 0 Å². The van der Waals surface area contributed by atoms with E-state index in [1.54, 1.807) is 24.3 Å². The smallest absolute Gasteiger partial charge is 0.258 e. The van der Waals surface area contributed by atoms with Crippen LogP contribution in [0.25, 0.3) is 11.1 Å². The van der Waals surface area contributed by atoms with Gasteiger partial charge in [-0.05, 0) is 59.5 Å². The van der Waals surface area contributed by atoms with Gasteiger partial charge in [0, 0.05) is 48.2 Å². The number of hydrogen-bond donors (Lipinski definition) is 2. The molecule has 0 bridgehead atoms. The highest BCUT2D eigenvalue weighted by molar-refractivity contribution is 6.09. The molecule has 6 rings (SSSR count). The summed E-state index contributed by atoms with van der Waals surface area (Å²) in [5, 5.41) is 13.2. The highest BCUT2D eigenvalue weighted by atomic mass is 16.3. The Balaban J connectivity index is 1.22. The molecule has 4 aromatic rings. The summed E-state index contributed by atoms with van der Waals surface area (Å²) in [4.78, 5) is 31.0. The van der Waals surface area contributed by atoms with Crippen molar-refractivity contribution >= 4 is 23.2 Å². The molecule has 4 aromatic carbocycles. The van der Waals surface area contributed by atoms with E-state index in [9.17, 15) is 14.7 Å². The highest BCUT2D eigenvalue weighted by Crippen LogP contribution is 2.33. The molecular formula is C32H29N3O3. The Morgan fingerprint density at radius 3 is 2.32 bits per heavy atom. The molecule has 6 nitrogen and oxygen atoms in total. The normalized spacial score (nSPS) is 18.8. The molecule has 6 heteroatoms. The van der Waals surface area contributed by atoms with Crippen LogP contribution in [0.4, 0.5) is 11.4 Å². The minimum Gasteiger partial charge on any atom is -0.392 e. The van der Waals surface area contributed by atoms with Gasteiger partial charge in [0.05, 0.1) is 6.10 Å². The predicted molar refractivity (Wildman–Crippen MR) is 149 cm³/mol. The van der Waals surface area contributed by atoms with Gasteiger partial charge in [0.1, 0.15) is 0 Å². The molecule has 38 heavy (non-hydrogen) atoms. The maximum atomic E-state index is 13.7. The van der Waals surface area contributed by atoms with Gasteiger partial charge in [-0.3, -0.25) is 14.5 Å². The lowest BCUT2D eigenvalue weighted by Crippen LogP contribution is -2.40. The Bertz CT molecular complexity index is 1470. The lowest BCUT2D eigenvalue weighted by atomic mass is 9.99. The van der Waals surface area contributed by atoms with Crippen LogP contribution in [-0.4, -0.2) is 47.1 Å². The molecular weight excluding hydrogens is 474 g/mol. The maximum absolute atomic E-state index is 13.7. The summed E-state index contributed by atoms with van der Waals surface area (Å²) in [6.45, 7) is 1.88. The van der Waals surface area contributed by atoms with E-state index in [-0.39, 0.29) is 24.0 Å². The molecule has 1 saturated heterocycles. The monoisotopic (exact) mass is 503 g/mol. The minimum absolute atomic E-state index is 0.0898. The maximum Gasteiger partial charge on any atom is 0.258 e. The molecule has 0 saturated carbocycles. The van der Waals surface area contributed by atoms with Crippen molar-refractivity contribution in [3.8, 4) is 11.1 Å². The number of amides is 2. The second kappa shape index (κ2) is 10.2. The van der Waals surface area contributed by atoms with Crippen molar-refractivity contribution in [2.45, 2.75) is 25.1 Å². The summed E-state index contributed by atoms with van der Waals surface area (Å²) >= 11 is 0. The van der Waals surface area contributed by atoms with Gasteiger partial charge in [-0.2, -0.15) is 0 Å². The zero-order valence-corrected chi connectivity index (χ0v) is 21.0. The lowest BCUT2D eigenvalue weighted by molar-refractivity contribution is 0.0980. The molecule has 0 aliphatic carbocycles. The number of para-hydroxylation sites is 1. The fourth-order valence-electron chi connectivity index (χ4n) is 5.57. The van der Waals surface area contributed by atoms with E-state index in [1.165, 1.54) is 0 Å². The van der Waals surface area contributed by atoms with E-state index in [2.05, 4.69) is 16.3 Å². The van der Waals surface area contributed by atoms with Crippen LogP contribution in [0.2, 0.25) is 0 Å². The number of carbonyl (C=O) groups is 2. The molecule has 2 aliphatic rings. The van der Waals surface area contributed by atoms with E-state index >= 15 is 0 Å². The predicted octanol–water partition coefficient (Wildman–Crippen LogP) is 5.20. The van der Waals surface area contributed by atoms with E-state index in [4.69, 9.17) is 0 Å². The number of nitrogens with zero attached hydrogens (tertiary/aromatic N) is 2. The first kappa shape index (κ1) is 24.1. The SMILES string of the molecule is O=C(Nc1ccc(C(=O)N2CC3C[C@@H](O)CN3Cc3ccccc32)cc1)c1ccccc1-c1ccccc1. The van der Waals surface area contributed by atoms with Gasteiger partial charge < -0.3 is 15.3 Å². The van der Waals surface area contributed by atoms with Gasteiger partial charge in [-0.15, -0.1) is 0 Å². The molecule has 0 radical (unpaired) electrons. The van der Waals surface area contributed by atoms with E-state index in [0.29, 0.717) is 36.3 Å². The molecule has 0 aromatic heterocycles. The summed E-state index contributed by atoms with van der Waals surface area (Å²) in [7, 11) is 0. The number of aliphatic hydroxyl groups excluding tert-OH is 1. The quantitative estimate of drug-likeness (QED) is 0.402. The minimum atomic E-state index is -0.364. The number of rotatable bonds is 4. The molecule has 2 amide bonds. The van der Waals surface area contributed by atoms with Gasteiger partial charge in [0.2, 0.25) is 0 Å². The van der Waals surface area contributed by atoms with Crippen LogP contribution in [0.3, 0.4) is 0 Å². The van der Waals surface area contributed by atoms with E-state index in [0.717, 1.165) is 28.9 Å². The molecule has 0 spiro atoms. The Kier molecular flexibility index (Phi) is 6.50. The third-order valence-corrected chi connectivity index (χ3v) is 7.45. The first-order valence-corrected chi connectivity index (χ1v) is 12.9. The third-order valence-electron chi connectivity index (χ3n) is 7.45. The van der Waals surface area contributed by atoms with Gasteiger partial charge in [0.15, 0.2) is 0 Å². The zero-order chi connectivity index (χ0) is 26.1. The van der Waals surface area contributed by atoms with Crippen LogP contribution in [0.5, 0.6) is 0 Å². The Hall–Kier alpha value is -4.26. The summed E-state index contributed by atoms with van der Waals surface area (Å²) < 4.78 is 0. The van der Waals surface area contributed by atoms with Crippen LogP contribution in [0, 0.1) is 0 Å². The molecule has 2 aliphatic heterocycles. The standard InChI is InChI=1S/C32H29N3O3/c36-27-18-26-20-35(30-13-7-4-10-24(30)19-34(26)21-27)32(38)23-14-16-25(17-15-23)33-31(37)29-12-6-5-11-28(29)22-8-2-1-3-9-22/h1-17,26-27,36H,18-21H2,(H,33,37)/t26?,27-/m1/s1. The van der Waals surface area contributed by atoms with Crippen LogP contribution in [0.15, 0.2) is 103 Å². The second-order valence-electron chi connectivity index (χ2n) is 9.96. The Labute approximate surface area is 222 Å². The molecule has 1 fully saturated rings. The number of carbonyl (C=O) groups excluding carboxylic acids is 2. The number of nitrogens with one attached hydrogen (secondary N) is 1. The number of benzene rings is 4. The number of hydrogen-bond acceptors (Lipinski definition) is 4. The largest absolute Gasteiger partial charge is 0.392 e. The van der Waals surface area contributed by atoms with Crippen LogP contribution in [-0.2, 0) is 6.54 Å². The summed E-state index contributed by atoms with van der Waals surface area (Å²) in [5.41, 5.74) is 5.59. The van der Waals surface area contributed by atoms with E-state index in [1.807, 2.05) is 77.7 Å². The second-order valence-corrected chi connectivity index (χ2v) is 9.96. The van der Waals surface area contributed by atoms with Crippen molar-refractivity contribution in [2.24, 2.45) is 0 Å². The third kappa shape index (κ3) is 4.72. The molecule has 1 unspecified atom stereocenters. The van der Waals surface area contributed by atoms with Gasteiger partial charge >= 0.3 is 0 Å². The van der Waals surface area contributed by atoms with Crippen molar-refractivity contribution < 1.29 is 14.7 Å². The van der Waals surface area contributed by atoms with Crippen molar-refractivity contribution in [2.75, 3.05) is 23.3 Å². The van der Waals surface area contributed by atoms with Gasteiger partial charge in [0.25, 0.3) is 11.8 Å². The summed E-state index contributed by atoms with van der Waals surface area (Å²) in [6, 6.07) is 32.5. The lowest BCUT2D eigenvalue weighted by Gasteiger charge is -2.26. The zero-order valence-electron chi connectivity index (χ0n) is 21.0. The molecule has 2 N–H and O–H groups in total. The van der Waals surface area contributed by atoms with Crippen molar-refractivity contribution in [1.29, 1.82) is 0 Å². The Morgan fingerprint density at radius 1 is 0.789 bits per heavy atom. The van der Waals surface area contributed by atoms with Gasteiger partial charge in [-0.1, -0.05) is 66.7 Å². The topological polar surface area (TPSA) is 72.9 Å². The first-order valence-electron chi connectivity index (χ1n) is 12.9. The average molecular weight is 504 g/mol. The van der Waals surface area contributed by atoms with E-state index < -0.39 is 0 Å². The average Bonchev–Trinajstić information content (AvgIpc) is 3.23. The molecule has 190 valence electrons. The Morgan fingerprint density at radius 2 is 1.50 bits per heavy atom. The fourth-order valence-corrected chi connectivity index (χ4v) is 5.57.